The van der Waals surface area contributed by atoms with Crippen molar-refractivity contribution >= 4 is 16.6 Å². The van der Waals surface area contributed by atoms with Crippen molar-refractivity contribution < 1.29 is 5.11 Å². The number of aryl methyl sites for hydroxylation is 1. The second-order valence-electron chi connectivity index (χ2n) is 5.74. The zero-order valence-corrected chi connectivity index (χ0v) is 13.5. The number of nitrogens with zero attached hydrogens (tertiary/aromatic N) is 2. The molecule has 23 heavy (non-hydrogen) atoms. The second kappa shape index (κ2) is 6.75. The topological polar surface area (TPSA) is 58.0 Å². The fourth-order valence-electron chi connectivity index (χ4n) is 2.61. The minimum absolute atomic E-state index is 0.0158. The van der Waals surface area contributed by atoms with Crippen molar-refractivity contribution in [1.82, 2.24) is 10.2 Å². The van der Waals surface area contributed by atoms with E-state index in [0.717, 1.165) is 34.3 Å². The number of hydrogen-bond acceptors (Lipinski definition) is 4. The number of anilines is 1. The van der Waals surface area contributed by atoms with Gasteiger partial charge in [0.05, 0.1) is 12.6 Å². The average molecular weight is 307 g/mol. The summed E-state index contributed by atoms with van der Waals surface area (Å²) in [6.07, 6.45) is 0.826. The van der Waals surface area contributed by atoms with Crippen LogP contribution in [0.5, 0.6) is 0 Å². The van der Waals surface area contributed by atoms with Crippen LogP contribution in [-0.4, -0.2) is 28.0 Å². The third kappa shape index (κ3) is 3.17. The Balaban J connectivity index is 2.10. The van der Waals surface area contributed by atoms with Crippen molar-refractivity contribution in [2.24, 2.45) is 0 Å². The summed E-state index contributed by atoms with van der Waals surface area (Å²) in [6, 6.07) is 16.4. The number of rotatable bonds is 5. The zero-order chi connectivity index (χ0) is 16.2. The van der Waals surface area contributed by atoms with E-state index in [1.807, 2.05) is 25.1 Å². The Hall–Kier alpha value is -2.46. The van der Waals surface area contributed by atoms with E-state index in [0.29, 0.717) is 0 Å². The molecule has 0 spiro atoms. The van der Waals surface area contributed by atoms with Gasteiger partial charge in [0.1, 0.15) is 5.69 Å². The maximum atomic E-state index is 9.41. The Bertz CT molecular complexity index is 795. The Morgan fingerprint density at radius 1 is 1.00 bits per heavy atom. The largest absolute Gasteiger partial charge is 0.394 e. The highest BCUT2D eigenvalue weighted by atomic mass is 16.3. The lowest BCUT2D eigenvalue weighted by molar-refractivity contribution is 0.271. The quantitative estimate of drug-likeness (QED) is 0.753. The van der Waals surface area contributed by atoms with Crippen LogP contribution in [0.15, 0.2) is 48.5 Å². The molecule has 0 bridgehead atoms. The molecule has 0 saturated heterocycles. The number of aliphatic hydroxyl groups excluding tert-OH is 1. The molecular formula is C19H21N3O. The first-order valence-corrected chi connectivity index (χ1v) is 7.92. The van der Waals surface area contributed by atoms with Crippen LogP contribution < -0.4 is 5.32 Å². The van der Waals surface area contributed by atoms with Crippen molar-refractivity contribution in [1.29, 1.82) is 0 Å². The van der Waals surface area contributed by atoms with Crippen LogP contribution in [0.4, 0.5) is 5.82 Å². The summed E-state index contributed by atoms with van der Waals surface area (Å²) < 4.78 is 0. The van der Waals surface area contributed by atoms with Gasteiger partial charge in [-0.15, -0.1) is 10.2 Å². The number of fused-ring (bicyclic) bond motifs is 1. The van der Waals surface area contributed by atoms with E-state index < -0.39 is 0 Å². The Kier molecular flexibility index (Phi) is 4.53. The SMILES string of the molecule is CC[C@@H](CO)Nc1nnc(-c2ccc(C)cc2)c2ccccc12. The van der Waals surface area contributed by atoms with Gasteiger partial charge in [0.15, 0.2) is 5.82 Å². The molecule has 4 heteroatoms. The second-order valence-corrected chi connectivity index (χ2v) is 5.74. The lowest BCUT2D eigenvalue weighted by atomic mass is 10.0. The molecule has 0 unspecified atom stereocenters. The fraction of sp³-hybridized carbons (Fsp3) is 0.263. The lowest BCUT2D eigenvalue weighted by Gasteiger charge is -2.16. The van der Waals surface area contributed by atoms with E-state index in [1.54, 1.807) is 0 Å². The molecule has 3 rings (SSSR count). The van der Waals surface area contributed by atoms with Gasteiger partial charge in [-0.1, -0.05) is 61.0 Å². The molecule has 4 nitrogen and oxygen atoms in total. The Morgan fingerprint density at radius 3 is 2.35 bits per heavy atom. The van der Waals surface area contributed by atoms with E-state index in [1.165, 1.54) is 5.56 Å². The van der Waals surface area contributed by atoms with Crippen LogP contribution in [0.3, 0.4) is 0 Å². The van der Waals surface area contributed by atoms with Crippen molar-refractivity contribution in [2.45, 2.75) is 26.3 Å². The minimum atomic E-state index is -0.0158. The predicted octanol–water partition coefficient (Wildman–Crippen LogP) is 3.79. The number of aliphatic hydroxyl groups is 1. The number of aromatic nitrogens is 2. The first-order chi connectivity index (χ1) is 11.2. The summed E-state index contributed by atoms with van der Waals surface area (Å²) in [5.74, 6) is 0.720. The minimum Gasteiger partial charge on any atom is -0.394 e. The molecule has 0 radical (unpaired) electrons. The monoisotopic (exact) mass is 307 g/mol. The molecule has 0 aliphatic heterocycles. The highest BCUT2D eigenvalue weighted by Crippen LogP contribution is 2.30. The summed E-state index contributed by atoms with van der Waals surface area (Å²) in [4.78, 5) is 0. The summed E-state index contributed by atoms with van der Waals surface area (Å²) in [5.41, 5.74) is 3.15. The molecule has 2 N–H and O–H groups in total. The van der Waals surface area contributed by atoms with Crippen molar-refractivity contribution in [3.63, 3.8) is 0 Å². The van der Waals surface area contributed by atoms with Gasteiger partial charge >= 0.3 is 0 Å². The fourth-order valence-corrected chi connectivity index (χ4v) is 2.61. The van der Waals surface area contributed by atoms with Gasteiger partial charge in [-0.05, 0) is 13.3 Å². The smallest absolute Gasteiger partial charge is 0.156 e. The molecule has 1 atom stereocenters. The lowest BCUT2D eigenvalue weighted by Crippen LogP contribution is -2.23. The Labute approximate surface area is 136 Å². The molecule has 0 aliphatic carbocycles. The molecule has 0 fully saturated rings. The van der Waals surface area contributed by atoms with E-state index in [4.69, 9.17) is 0 Å². The van der Waals surface area contributed by atoms with E-state index in [-0.39, 0.29) is 12.6 Å². The Morgan fingerprint density at radius 2 is 1.70 bits per heavy atom. The third-order valence-electron chi connectivity index (χ3n) is 4.07. The third-order valence-corrected chi connectivity index (χ3v) is 4.07. The van der Waals surface area contributed by atoms with E-state index >= 15 is 0 Å². The molecule has 0 aliphatic rings. The van der Waals surface area contributed by atoms with Gasteiger partial charge in [-0.25, -0.2) is 0 Å². The van der Waals surface area contributed by atoms with Gasteiger partial charge in [0.25, 0.3) is 0 Å². The van der Waals surface area contributed by atoms with Gasteiger partial charge in [0.2, 0.25) is 0 Å². The summed E-state index contributed by atoms with van der Waals surface area (Å²) in [6.45, 7) is 4.18. The van der Waals surface area contributed by atoms with Gasteiger partial charge in [-0.3, -0.25) is 0 Å². The maximum absolute atomic E-state index is 9.41. The van der Waals surface area contributed by atoms with E-state index in [9.17, 15) is 5.11 Å². The normalized spacial score (nSPS) is 12.3. The first kappa shape index (κ1) is 15.4. The van der Waals surface area contributed by atoms with Crippen molar-refractivity contribution in [3.8, 4) is 11.3 Å². The van der Waals surface area contributed by atoms with Crippen LogP contribution in [-0.2, 0) is 0 Å². The summed E-state index contributed by atoms with van der Waals surface area (Å²) in [5, 5.41) is 23.6. The number of benzene rings is 2. The molecule has 1 aromatic heterocycles. The van der Waals surface area contributed by atoms with Gasteiger partial charge < -0.3 is 10.4 Å². The number of nitrogens with one attached hydrogen (secondary N) is 1. The zero-order valence-electron chi connectivity index (χ0n) is 13.5. The van der Waals surface area contributed by atoms with Crippen molar-refractivity contribution in [3.05, 3.63) is 54.1 Å². The number of hydrogen-bond donors (Lipinski definition) is 2. The molecule has 118 valence electrons. The molecule has 2 aromatic carbocycles. The van der Waals surface area contributed by atoms with Crippen LogP contribution >= 0.6 is 0 Å². The maximum Gasteiger partial charge on any atom is 0.156 e. The van der Waals surface area contributed by atoms with Gasteiger partial charge in [-0.2, -0.15) is 0 Å². The molecule has 0 amide bonds. The van der Waals surface area contributed by atoms with Crippen molar-refractivity contribution in [2.75, 3.05) is 11.9 Å². The van der Waals surface area contributed by atoms with Crippen LogP contribution in [0.1, 0.15) is 18.9 Å². The summed E-state index contributed by atoms with van der Waals surface area (Å²) in [7, 11) is 0. The summed E-state index contributed by atoms with van der Waals surface area (Å²) >= 11 is 0. The molecule has 3 aromatic rings. The van der Waals surface area contributed by atoms with Crippen LogP contribution in [0, 0.1) is 6.92 Å². The molecule has 1 heterocycles. The van der Waals surface area contributed by atoms with Gasteiger partial charge in [0, 0.05) is 16.3 Å². The highest BCUT2D eigenvalue weighted by Gasteiger charge is 2.13. The van der Waals surface area contributed by atoms with E-state index in [2.05, 4.69) is 52.8 Å². The molecule has 0 saturated carbocycles. The van der Waals surface area contributed by atoms with Crippen LogP contribution in [0.25, 0.3) is 22.0 Å². The first-order valence-electron chi connectivity index (χ1n) is 7.92. The standard InChI is InChI=1S/C19H21N3O/c1-3-15(12-23)20-19-17-7-5-4-6-16(17)18(21-22-19)14-10-8-13(2)9-11-14/h4-11,15,23H,3,12H2,1-2H3,(H,20,22)/t15-/m0/s1. The molecular weight excluding hydrogens is 286 g/mol. The van der Waals surface area contributed by atoms with Crippen LogP contribution in [0.2, 0.25) is 0 Å². The highest BCUT2D eigenvalue weighted by molar-refractivity contribution is 6.00. The average Bonchev–Trinajstić information content (AvgIpc) is 2.60. The predicted molar refractivity (Wildman–Crippen MR) is 94.5 cm³/mol.